The van der Waals surface area contributed by atoms with Gasteiger partial charge in [-0.25, -0.2) is 4.39 Å². The van der Waals surface area contributed by atoms with E-state index in [1.807, 2.05) is 6.92 Å². The van der Waals surface area contributed by atoms with Crippen molar-refractivity contribution in [3.63, 3.8) is 0 Å². The highest BCUT2D eigenvalue weighted by atomic mass is 19.1. The van der Waals surface area contributed by atoms with Crippen LogP contribution in [0.25, 0.3) is 11.4 Å². The van der Waals surface area contributed by atoms with Gasteiger partial charge in [0, 0.05) is 12.1 Å². The van der Waals surface area contributed by atoms with Gasteiger partial charge >= 0.3 is 0 Å². The number of hydrogen-bond acceptors (Lipinski definition) is 5. The summed E-state index contributed by atoms with van der Waals surface area (Å²) in [7, 11) is 0. The highest BCUT2D eigenvalue weighted by Crippen LogP contribution is 2.23. The second-order valence-electron chi connectivity index (χ2n) is 4.65. The third-order valence-corrected chi connectivity index (χ3v) is 3.19. The fourth-order valence-electron chi connectivity index (χ4n) is 2.06. The highest BCUT2D eigenvalue weighted by molar-refractivity contribution is 5.78. The lowest BCUT2D eigenvalue weighted by Crippen LogP contribution is -2.47. The number of carbonyl (C=O) groups is 1. The molecule has 0 bridgehead atoms. The van der Waals surface area contributed by atoms with Crippen LogP contribution in [-0.2, 0) is 4.79 Å². The standard InChI is InChI=1S/C13H13FN4O2/c1-7-2-3-8(14)4-9(7)12-17-13(20-18-12)10-5-16-11(19)6-15-10/h2-4,10,15H,5-6H2,1H3,(H,16,19). The number of rotatable bonds is 2. The Balaban J connectivity index is 1.86. The summed E-state index contributed by atoms with van der Waals surface area (Å²) in [5.41, 5.74) is 1.46. The van der Waals surface area contributed by atoms with E-state index in [-0.39, 0.29) is 24.3 Å². The first-order valence-electron chi connectivity index (χ1n) is 6.23. The number of benzene rings is 1. The average molecular weight is 276 g/mol. The van der Waals surface area contributed by atoms with Gasteiger partial charge in [-0.3, -0.25) is 10.1 Å². The van der Waals surface area contributed by atoms with Crippen LogP contribution in [0.4, 0.5) is 4.39 Å². The summed E-state index contributed by atoms with van der Waals surface area (Å²) in [6.07, 6.45) is 0. The molecule has 0 saturated carbocycles. The molecule has 7 heteroatoms. The lowest BCUT2D eigenvalue weighted by molar-refractivity contribution is -0.121. The summed E-state index contributed by atoms with van der Waals surface area (Å²) in [6.45, 7) is 2.45. The normalized spacial score (nSPS) is 18.9. The molecule has 0 radical (unpaired) electrons. The molecule has 1 aliphatic rings. The minimum atomic E-state index is -0.347. The van der Waals surface area contributed by atoms with E-state index in [1.54, 1.807) is 6.07 Å². The summed E-state index contributed by atoms with van der Waals surface area (Å²) in [5, 5.41) is 9.58. The van der Waals surface area contributed by atoms with Gasteiger partial charge in [-0.1, -0.05) is 11.2 Å². The third kappa shape index (κ3) is 2.39. The van der Waals surface area contributed by atoms with Crippen LogP contribution >= 0.6 is 0 Å². The molecule has 1 aliphatic heterocycles. The van der Waals surface area contributed by atoms with Crippen LogP contribution in [-0.4, -0.2) is 29.1 Å². The molecule has 0 spiro atoms. The van der Waals surface area contributed by atoms with Gasteiger partial charge in [-0.05, 0) is 24.6 Å². The van der Waals surface area contributed by atoms with Crippen molar-refractivity contribution >= 4 is 5.91 Å². The zero-order valence-electron chi connectivity index (χ0n) is 10.8. The fourth-order valence-corrected chi connectivity index (χ4v) is 2.06. The maximum absolute atomic E-state index is 13.3. The number of aryl methyl sites for hydroxylation is 1. The van der Waals surface area contributed by atoms with Gasteiger partial charge in [-0.15, -0.1) is 0 Å². The molecule has 1 fully saturated rings. The Morgan fingerprint density at radius 2 is 2.30 bits per heavy atom. The van der Waals surface area contributed by atoms with Crippen molar-refractivity contribution in [1.29, 1.82) is 0 Å². The smallest absolute Gasteiger partial charge is 0.245 e. The predicted octanol–water partition coefficient (Wildman–Crippen LogP) is 0.945. The number of aromatic nitrogens is 2. The third-order valence-electron chi connectivity index (χ3n) is 3.19. The van der Waals surface area contributed by atoms with Gasteiger partial charge in [0.2, 0.25) is 17.6 Å². The fraction of sp³-hybridized carbons (Fsp3) is 0.308. The molecule has 0 aliphatic carbocycles. The zero-order valence-corrected chi connectivity index (χ0v) is 10.8. The number of nitrogens with zero attached hydrogens (tertiary/aromatic N) is 2. The zero-order chi connectivity index (χ0) is 14.1. The van der Waals surface area contributed by atoms with Crippen LogP contribution in [0.15, 0.2) is 22.7 Å². The molecular weight excluding hydrogens is 263 g/mol. The van der Waals surface area contributed by atoms with Crippen molar-refractivity contribution in [1.82, 2.24) is 20.8 Å². The van der Waals surface area contributed by atoms with E-state index in [0.29, 0.717) is 23.8 Å². The minimum Gasteiger partial charge on any atom is -0.353 e. The van der Waals surface area contributed by atoms with E-state index in [4.69, 9.17) is 4.52 Å². The SMILES string of the molecule is Cc1ccc(F)cc1-c1noc(C2CNC(=O)CN2)n1. The molecule has 2 N–H and O–H groups in total. The molecule has 104 valence electrons. The summed E-state index contributed by atoms with van der Waals surface area (Å²) in [4.78, 5) is 15.3. The Hall–Kier alpha value is -2.28. The number of carbonyl (C=O) groups excluding carboxylic acids is 1. The van der Waals surface area contributed by atoms with Crippen molar-refractivity contribution < 1.29 is 13.7 Å². The molecule has 1 aromatic heterocycles. The van der Waals surface area contributed by atoms with Gasteiger partial charge < -0.3 is 9.84 Å². The summed E-state index contributed by atoms with van der Waals surface area (Å²) in [6, 6.07) is 4.21. The molecule has 3 rings (SSSR count). The Kier molecular flexibility index (Phi) is 3.19. The van der Waals surface area contributed by atoms with Crippen LogP contribution in [0, 0.1) is 12.7 Å². The van der Waals surface area contributed by atoms with Crippen molar-refractivity contribution in [2.75, 3.05) is 13.1 Å². The van der Waals surface area contributed by atoms with Crippen LogP contribution in [0.2, 0.25) is 0 Å². The quantitative estimate of drug-likeness (QED) is 0.853. The Morgan fingerprint density at radius 1 is 1.45 bits per heavy atom. The molecule has 1 saturated heterocycles. The van der Waals surface area contributed by atoms with E-state index >= 15 is 0 Å². The van der Waals surface area contributed by atoms with Crippen molar-refractivity contribution in [2.24, 2.45) is 0 Å². The first-order chi connectivity index (χ1) is 9.63. The molecule has 6 nitrogen and oxygen atoms in total. The predicted molar refractivity (Wildman–Crippen MR) is 68.2 cm³/mol. The van der Waals surface area contributed by atoms with E-state index in [1.165, 1.54) is 12.1 Å². The molecule has 1 amide bonds. The van der Waals surface area contributed by atoms with Gasteiger partial charge in [-0.2, -0.15) is 4.98 Å². The average Bonchev–Trinajstić information content (AvgIpc) is 2.92. The van der Waals surface area contributed by atoms with E-state index in [0.717, 1.165) is 5.56 Å². The second-order valence-corrected chi connectivity index (χ2v) is 4.65. The van der Waals surface area contributed by atoms with Gasteiger partial charge in [0.15, 0.2) is 0 Å². The number of halogens is 1. The lowest BCUT2D eigenvalue weighted by Gasteiger charge is -2.20. The number of hydrogen-bond donors (Lipinski definition) is 2. The van der Waals surface area contributed by atoms with E-state index in [2.05, 4.69) is 20.8 Å². The van der Waals surface area contributed by atoms with Gasteiger partial charge in [0.25, 0.3) is 0 Å². The maximum atomic E-state index is 13.3. The maximum Gasteiger partial charge on any atom is 0.245 e. The Bertz CT molecular complexity index is 646. The number of nitrogens with one attached hydrogen (secondary N) is 2. The van der Waals surface area contributed by atoms with Crippen LogP contribution in [0.1, 0.15) is 17.5 Å². The summed E-state index contributed by atoms with van der Waals surface area (Å²) >= 11 is 0. The molecule has 1 aromatic carbocycles. The van der Waals surface area contributed by atoms with Crippen molar-refractivity contribution in [3.8, 4) is 11.4 Å². The molecule has 1 unspecified atom stereocenters. The first kappa shape index (κ1) is 12.7. The van der Waals surface area contributed by atoms with Crippen molar-refractivity contribution in [2.45, 2.75) is 13.0 Å². The minimum absolute atomic E-state index is 0.0676. The van der Waals surface area contributed by atoms with Gasteiger partial charge in [0.1, 0.15) is 11.9 Å². The van der Waals surface area contributed by atoms with Crippen LogP contribution in [0.5, 0.6) is 0 Å². The highest BCUT2D eigenvalue weighted by Gasteiger charge is 2.24. The topological polar surface area (TPSA) is 80.0 Å². The first-order valence-corrected chi connectivity index (χ1v) is 6.23. The van der Waals surface area contributed by atoms with Crippen molar-refractivity contribution in [3.05, 3.63) is 35.5 Å². The Labute approximate surface area is 114 Å². The number of amides is 1. The molecule has 2 heterocycles. The monoisotopic (exact) mass is 276 g/mol. The Morgan fingerprint density at radius 3 is 3.05 bits per heavy atom. The van der Waals surface area contributed by atoms with Gasteiger partial charge in [0.05, 0.1) is 6.54 Å². The second kappa shape index (κ2) is 5.01. The molecule has 1 atom stereocenters. The van der Waals surface area contributed by atoms with E-state index < -0.39 is 0 Å². The summed E-state index contributed by atoms with van der Waals surface area (Å²) < 4.78 is 18.5. The van der Waals surface area contributed by atoms with Crippen LogP contribution in [0.3, 0.4) is 0 Å². The summed E-state index contributed by atoms with van der Waals surface area (Å²) in [5.74, 6) is 0.307. The van der Waals surface area contributed by atoms with Crippen LogP contribution < -0.4 is 10.6 Å². The molecular formula is C13H13FN4O2. The largest absolute Gasteiger partial charge is 0.353 e. The molecule has 20 heavy (non-hydrogen) atoms. The lowest BCUT2D eigenvalue weighted by atomic mass is 10.1. The number of piperazine rings is 1. The van der Waals surface area contributed by atoms with E-state index in [9.17, 15) is 9.18 Å². The molecule has 2 aromatic rings.